The lowest BCUT2D eigenvalue weighted by Gasteiger charge is -2.34. The molecule has 5 nitrogen and oxygen atoms in total. The highest BCUT2D eigenvalue weighted by molar-refractivity contribution is 5.48. The van der Waals surface area contributed by atoms with Crippen LogP contribution in [0.15, 0.2) is 73.4 Å². The summed E-state index contributed by atoms with van der Waals surface area (Å²) in [4.78, 5) is 4.07. The highest BCUT2D eigenvalue weighted by Gasteiger charge is 2.41. The molecule has 0 fully saturated rings. The number of aromatic amines is 1. The number of aromatic nitrogens is 5. The maximum absolute atomic E-state index is 13.6. The number of alkyl halides is 3. The van der Waals surface area contributed by atoms with Crippen LogP contribution in [0.2, 0.25) is 0 Å². The summed E-state index contributed by atoms with van der Waals surface area (Å²) in [5.74, 6) is -0.434. The third-order valence-electron chi connectivity index (χ3n) is 4.57. The van der Waals surface area contributed by atoms with E-state index in [9.17, 15) is 17.6 Å². The van der Waals surface area contributed by atoms with Crippen LogP contribution in [0.3, 0.4) is 0 Å². The van der Waals surface area contributed by atoms with Crippen molar-refractivity contribution in [2.45, 2.75) is 11.7 Å². The van der Waals surface area contributed by atoms with Gasteiger partial charge in [0.15, 0.2) is 0 Å². The molecule has 1 unspecified atom stereocenters. The fraction of sp³-hybridized carbons (Fsp3) is 0.105. The Morgan fingerprint density at radius 2 is 1.46 bits per heavy atom. The van der Waals surface area contributed by atoms with Gasteiger partial charge in [-0.15, -0.1) is 0 Å². The van der Waals surface area contributed by atoms with Crippen LogP contribution in [0.5, 0.6) is 0 Å². The highest BCUT2D eigenvalue weighted by Crippen LogP contribution is 2.40. The van der Waals surface area contributed by atoms with Gasteiger partial charge in [0.05, 0.1) is 18.1 Å². The first-order chi connectivity index (χ1) is 13.4. The van der Waals surface area contributed by atoms with Crippen molar-refractivity contribution in [2.75, 3.05) is 0 Å². The molecule has 9 heteroatoms. The number of imidazole rings is 1. The second kappa shape index (κ2) is 6.59. The number of benzene rings is 2. The normalized spacial score (nSPS) is 14.0. The lowest BCUT2D eigenvalue weighted by atomic mass is 9.79. The van der Waals surface area contributed by atoms with Crippen molar-refractivity contribution in [3.05, 3.63) is 102 Å². The molecule has 1 atom stereocenters. The topological polar surface area (TPSA) is 59.4 Å². The first-order valence-electron chi connectivity index (χ1n) is 8.21. The Kier molecular flexibility index (Phi) is 4.21. The molecule has 0 saturated heterocycles. The van der Waals surface area contributed by atoms with Crippen LogP contribution >= 0.6 is 0 Å². The zero-order valence-electron chi connectivity index (χ0n) is 14.2. The molecular weight excluding hydrogens is 374 g/mol. The molecule has 0 amide bonds. The SMILES string of the molecule is Fc1ccc(C(c2ccc(C(F)(F)F)cc2)(c2cn[nH]n2)n2ccnc2)cc1. The van der Waals surface area contributed by atoms with E-state index < -0.39 is 23.1 Å². The average Bonchev–Trinajstić information content (AvgIpc) is 3.38. The maximum atomic E-state index is 13.6. The number of halogens is 4. The third kappa shape index (κ3) is 2.84. The Labute approximate surface area is 156 Å². The van der Waals surface area contributed by atoms with Crippen LogP contribution in [0, 0.1) is 5.82 Å². The Hall–Kier alpha value is -3.49. The minimum atomic E-state index is -4.46. The van der Waals surface area contributed by atoms with Crippen molar-refractivity contribution in [3.63, 3.8) is 0 Å². The molecule has 2 heterocycles. The van der Waals surface area contributed by atoms with Crippen LogP contribution in [0.4, 0.5) is 17.6 Å². The summed E-state index contributed by atoms with van der Waals surface area (Å²) in [5, 5.41) is 10.6. The lowest BCUT2D eigenvalue weighted by molar-refractivity contribution is -0.137. The smallest absolute Gasteiger partial charge is 0.317 e. The monoisotopic (exact) mass is 387 g/mol. The van der Waals surface area contributed by atoms with Gasteiger partial charge in [-0.1, -0.05) is 24.3 Å². The summed E-state index contributed by atoms with van der Waals surface area (Å²) >= 11 is 0. The fourth-order valence-electron chi connectivity index (χ4n) is 3.32. The van der Waals surface area contributed by atoms with Crippen LogP contribution in [0.25, 0.3) is 0 Å². The van der Waals surface area contributed by atoms with E-state index in [1.807, 2.05) is 0 Å². The first kappa shape index (κ1) is 17.9. The molecule has 0 aliphatic heterocycles. The van der Waals surface area contributed by atoms with Crippen molar-refractivity contribution < 1.29 is 17.6 Å². The Balaban J connectivity index is 2.02. The predicted octanol–water partition coefficient (Wildman–Crippen LogP) is 4.00. The number of nitrogens with one attached hydrogen (secondary N) is 1. The van der Waals surface area contributed by atoms with Gasteiger partial charge in [0.2, 0.25) is 0 Å². The second-order valence-corrected chi connectivity index (χ2v) is 6.12. The Bertz CT molecular complexity index is 1000. The molecule has 0 spiro atoms. The third-order valence-corrected chi connectivity index (χ3v) is 4.57. The van der Waals surface area contributed by atoms with Gasteiger partial charge in [0.1, 0.15) is 17.1 Å². The molecule has 2 aromatic carbocycles. The summed E-state index contributed by atoms with van der Waals surface area (Å²) in [5.41, 5.74) is -0.479. The van der Waals surface area contributed by atoms with Crippen molar-refractivity contribution in [1.29, 1.82) is 0 Å². The molecule has 4 rings (SSSR count). The van der Waals surface area contributed by atoms with E-state index in [2.05, 4.69) is 20.4 Å². The molecule has 2 aromatic heterocycles. The number of rotatable bonds is 4. The first-order valence-corrected chi connectivity index (χ1v) is 8.21. The van der Waals surface area contributed by atoms with Gasteiger partial charge in [-0.2, -0.15) is 28.6 Å². The summed E-state index contributed by atoms with van der Waals surface area (Å²) in [6.07, 6.45) is 1.74. The standard InChI is InChI=1S/C19H13F4N5/c20-16-7-5-14(6-8-16)18(17-11-25-27-26-17,28-10-9-24-12-28)13-1-3-15(4-2-13)19(21,22)23/h1-12H,(H,25,26,27). The summed E-state index contributed by atoms with van der Waals surface area (Å²) < 4.78 is 54.4. The van der Waals surface area contributed by atoms with E-state index in [1.54, 1.807) is 29.1 Å². The second-order valence-electron chi connectivity index (χ2n) is 6.12. The molecule has 0 radical (unpaired) electrons. The van der Waals surface area contributed by atoms with E-state index in [4.69, 9.17) is 0 Å². The zero-order chi connectivity index (χ0) is 19.8. The van der Waals surface area contributed by atoms with E-state index in [1.165, 1.54) is 36.8 Å². The van der Waals surface area contributed by atoms with Gasteiger partial charge in [-0.05, 0) is 35.4 Å². The summed E-state index contributed by atoms with van der Waals surface area (Å²) in [6, 6.07) is 10.4. The van der Waals surface area contributed by atoms with Crippen LogP contribution < -0.4 is 0 Å². The van der Waals surface area contributed by atoms with Crippen LogP contribution in [-0.2, 0) is 11.7 Å². The van der Waals surface area contributed by atoms with E-state index in [0.29, 0.717) is 16.8 Å². The average molecular weight is 387 g/mol. The lowest BCUT2D eigenvalue weighted by Crippen LogP contribution is -2.37. The Morgan fingerprint density at radius 1 is 0.857 bits per heavy atom. The van der Waals surface area contributed by atoms with Gasteiger partial charge >= 0.3 is 6.18 Å². The van der Waals surface area contributed by atoms with Gasteiger partial charge in [-0.25, -0.2) is 9.37 Å². The zero-order valence-corrected chi connectivity index (χ0v) is 14.2. The van der Waals surface area contributed by atoms with Gasteiger partial charge < -0.3 is 4.57 Å². The molecule has 0 aliphatic carbocycles. The largest absolute Gasteiger partial charge is 0.416 e. The van der Waals surface area contributed by atoms with Gasteiger partial charge in [0, 0.05) is 12.4 Å². The predicted molar refractivity (Wildman–Crippen MR) is 91.7 cm³/mol. The van der Waals surface area contributed by atoms with Crippen molar-refractivity contribution in [3.8, 4) is 0 Å². The number of nitrogens with zero attached hydrogens (tertiary/aromatic N) is 4. The van der Waals surface area contributed by atoms with Crippen molar-refractivity contribution in [2.24, 2.45) is 0 Å². The highest BCUT2D eigenvalue weighted by atomic mass is 19.4. The van der Waals surface area contributed by atoms with Crippen molar-refractivity contribution in [1.82, 2.24) is 25.0 Å². The molecule has 0 aliphatic rings. The minimum absolute atomic E-state index is 0.414. The Morgan fingerprint density at radius 3 is 1.96 bits per heavy atom. The minimum Gasteiger partial charge on any atom is -0.317 e. The number of hydrogen-bond acceptors (Lipinski definition) is 3. The molecule has 0 bridgehead atoms. The number of hydrogen-bond donors (Lipinski definition) is 1. The molecule has 0 saturated carbocycles. The maximum Gasteiger partial charge on any atom is 0.416 e. The molecule has 4 aromatic rings. The van der Waals surface area contributed by atoms with E-state index in [-0.39, 0.29) is 0 Å². The summed E-state index contributed by atoms with van der Waals surface area (Å²) in [6.45, 7) is 0. The number of H-pyrrole nitrogens is 1. The van der Waals surface area contributed by atoms with E-state index in [0.717, 1.165) is 12.1 Å². The summed E-state index contributed by atoms with van der Waals surface area (Å²) in [7, 11) is 0. The molecule has 28 heavy (non-hydrogen) atoms. The molecular formula is C19H13F4N5. The van der Waals surface area contributed by atoms with Gasteiger partial charge in [0.25, 0.3) is 0 Å². The van der Waals surface area contributed by atoms with Crippen LogP contribution in [0.1, 0.15) is 22.4 Å². The van der Waals surface area contributed by atoms with Crippen molar-refractivity contribution >= 4 is 0 Å². The van der Waals surface area contributed by atoms with Gasteiger partial charge in [-0.3, -0.25) is 0 Å². The fourth-order valence-corrected chi connectivity index (χ4v) is 3.32. The quantitative estimate of drug-likeness (QED) is 0.539. The van der Waals surface area contributed by atoms with Crippen LogP contribution in [-0.4, -0.2) is 25.0 Å². The van der Waals surface area contributed by atoms with E-state index >= 15 is 0 Å². The molecule has 142 valence electrons. The molecule has 1 N–H and O–H groups in total.